The van der Waals surface area contributed by atoms with Crippen molar-refractivity contribution in [3.05, 3.63) is 42.2 Å². The van der Waals surface area contributed by atoms with Gasteiger partial charge in [0, 0.05) is 0 Å². The molecule has 3 heteroatoms. The van der Waals surface area contributed by atoms with Crippen molar-refractivity contribution in [2.75, 3.05) is 0 Å². The quantitative estimate of drug-likeness (QED) is 0.167. The molecule has 0 aliphatic carbocycles. The van der Waals surface area contributed by atoms with E-state index < -0.39 is 5.97 Å². The van der Waals surface area contributed by atoms with Gasteiger partial charge in [0.25, 0.3) is 0 Å². The zero-order chi connectivity index (χ0) is 20.3. The Morgan fingerprint density at radius 2 is 1.25 bits per heavy atom. The van der Waals surface area contributed by atoms with Crippen molar-refractivity contribution in [1.82, 2.24) is 0 Å². The first kappa shape index (κ1) is 24.3. The highest BCUT2D eigenvalue weighted by Gasteiger charge is 2.04. The summed E-state index contributed by atoms with van der Waals surface area (Å²) in [6, 6.07) is 6.07. The van der Waals surface area contributed by atoms with Crippen LogP contribution in [0.2, 0.25) is 0 Å². The summed E-state index contributed by atoms with van der Waals surface area (Å²) < 4.78 is 5.09. The van der Waals surface area contributed by atoms with Crippen LogP contribution in [0.3, 0.4) is 0 Å². The number of ether oxygens (including phenoxy) is 1. The molecule has 0 saturated carbocycles. The van der Waals surface area contributed by atoms with E-state index in [1.165, 1.54) is 102 Å². The molecule has 158 valence electrons. The summed E-state index contributed by atoms with van der Waals surface area (Å²) in [7, 11) is 0. The van der Waals surface area contributed by atoms with Crippen LogP contribution in [0.1, 0.15) is 114 Å². The van der Waals surface area contributed by atoms with Crippen molar-refractivity contribution in [3.8, 4) is 5.75 Å². The number of phenols is 1. The fourth-order valence-corrected chi connectivity index (χ4v) is 3.30. The van der Waals surface area contributed by atoms with Crippen molar-refractivity contribution in [2.24, 2.45) is 0 Å². The zero-order valence-electron chi connectivity index (χ0n) is 17.8. The summed E-state index contributed by atoms with van der Waals surface area (Å²) in [5, 5.41) is 9.20. The summed E-state index contributed by atoms with van der Waals surface area (Å²) >= 11 is 0. The highest BCUT2D eigenvalue weighted by molar-refractivity contribution is 5.89. The zero-order valence-corrected chi connectivity index (χ0v) is 17.8. The molecule has 0 spiro atoms. The molecule has 0 aliphatic heterocycles. The van der Waals surface area contributed by atoms with E-state index in [0.29, 0.717) is 5.56 Å². The molecule has 0 fully saturated rings. The molecule has 0 radical (unpaired) electrons. The van der Waals surface area contributed by atoms with E-state index in [4.69, 9.17) is 4.74 Å². The molecule has 0 amide bonds. The van der Waals surface area contributed by atoms with Gasteiger partial charge in [0.15, 0.2) is 0 Å². The van der Waals surface area contributed by atoms with Gasteiger partial charge in [0.05, 0.1) is 11.8 Å². The predicted octanol–water partition coefficient (Wildman–Crippen LogP) is 7.93. The van der Waals surface area contributed by atoms with Crippen LogP contribution in [0.15, 0.2) is 36.6 Å². The lowest BCUT2D eigenvalue weighted by molar-refractivity contribution is 0.0662. The van der Waals surface area contributed by atoms with Gasteiger partial charge in [-0.3, -0.25) is 0 Å². The topological polar surface area (TPSA) is 46.5 Å². The Morgan fingerprint density at radius 1 is 0.786 bits per heavy atom. The molecule has 1 rings (SSSR count). The van der Waals surface area contributed by atoms with E-state index in [9.17, 15) is 9.90 Å². The molecule has 0 atom stereocenters. The van der Waals surface area contributed by atoms with E-state index in [-0.39, 0.29) is 5.75 Å². The monoisotopic (exact) mass is 388 g/mol. The molecule has 0 aromatic heterocycles. The summed E-state index contributed by atoms with van der Waals surface area (Å²) in [5.74, 6) is -0.248. The first-order valence-corrected chi connectivity index (χ1v) is 11.4. The first-order valence-electron chi connectivity index (χ1n) is 11.4. The Bertz CT molecular complexity index is 519. The molecule has 1 aromatic carbocycles. The predicted molar refractivity (Wildman–Crippen MR) is 118 cm³/mol. The van der Waals surface area contributed by atoms with Crippen LogP contribution in [0, 0.1) is 0 Å². The van der Waals surface area contributed by atoms with E-state index >= 15 is 0 Å². The molecule has 0 aliphatic rings. The van der Waals surface area contributed by atoms with Gasteiger partial charge in [-0.25, -0.2) is 4.79 Å². The number of hydrogen-bond acceptors (Lipinski definition) is 3. The Labute approximate surface area is 172 Å². The minimum Gasteiger partial charge on any atom is -0.508 e. The van der Waals surface area contributed by atoms with Crippen molar-refractivity contribution >= 4 is 5.97 Å². The van der Waals surface area contributed by atoms with Gasteiger partial charge < -0.3 is 9.84 Å². The maximum atomic E-state index is 11.8. The van der Waals surface area contributed by atoms with Crippen LogP contribution in [0.25, 0.3) is 0 Å². The van der Waals surface area contributed by atoms with Crippen LogP contribution in [0.5, 0.6) is 5.75 Å². The van der Waals surface area contributed by atoms with Gasteiger partial charge in [-0.15, -0.1) is 0 Å². The van der Waals surface area contributed by atoms with E-state index in [2.05, 4.69) is 6.92 Å². The lowest BCUT2D eigenvalue weighted by atomic mass is 10.0. The maximum Gasteiger partial charge on any atom is 0.342 e. The third-order valence-corrected chi connectivity index (χ3v) is 5.10. The van der Waals surface area contributed by atoms with Crippen molar-refractivity contribution < 1.29 is 14.6 Å². The number of hydrogen-bond donors (Lipinski definition) is 1. The highest BCUT2D eigenvalue weighted by Crippen LogP contribution is 2.14. The summed E-state index contributed by atoms with van der Waals surface area (Å²) in [5.41, 5.74) is 0.443. The maximum absolute atomic E-state index is 11.8. The molecule has 0 saturated heterocycles. The van der Waals surface area contributed by atoms with Gasteiger partial charge in [-0.05, 0) is 43.2 Å². The summed E-state index contributed by atoms with van der Waals surface area (Å²) in [4.78, 5) is 11.8. The number of unbranched alkanes of at least 4 members (excludes halogenated alkanes) is 14. The number of phenolic OH excluding ortho intramolecular Hbond substituents is 1. The Hall–Kier alpha value is -1.77. The minimum atomic E-state index is -0.391. The van der Waals surface area contributed by atoms with Gasteiger partial charge in [-0.2, -0.15) is 0 Å². The van der Waals surface area contributed by atoms with Gasteiger partial charge in [0.1, 0.15) is 5.75 Å². The number of carbonyl (C=O) groups excluding carboxylic acids is 1. The molecule has 28 heavy (non-hydrogen) atoms. The van der Waals surface area contributed by atoms with Crippen LogP contribution in [0.4, 0.5) is 0 Å². The average molecular weight is 389 g/mol. The number of esters is 1. The number of rotatable bonds is 17. The van der Waals surface area contributed by atoms with Crippen LogP contribution in [-0.2, 0) is 4.74 Å². The SMILES string of the molecule is CCCCCCCCCCCCCCCC/C=C/OC(=O)c1ccc(O)cc1. The van der Waals surface area contributed by atoms with E-state index in [0.717, 1.165) is 12.8 Å². The third kappa shape index (κ3) is 13.4. The van der Waals surface area contributed by atoms with Crippen molar-refractivity contribution in [2.45, 2.75) is 103 Å². The number of aromatic hydroxyl groups is 1. The fraction of sp³-hybridized carbons (Fsp3) is 0.640. The van der Waals surface area contributed by atoms with E-state index in [1.54, 1.807) is 12.1 Å². The molecule has 1 aromatic rings. The van der Waals surface area contributed by atoms with Crippen LogP contribution < -0.4 is 0 Å². The minimum absolute atomic E-state index is 0.143. The second kappa shape index (κ2) is 17.3. The van der Waals surface area contributed by atoms with Crippen molar-refractivity contribution in [3.63, 3.8) is 0 Å². The fourth-order valence-electron chi connectivity index (χ4n) is 3.30. The molecule has 1 N–H and O–H groups in total. The van der Waals surface area contributed by atoms with Gasteiger partial charge >= 0.3 is 5.97 Å². The normalized spacial score (nSPS) is 11.2. The first-order chi connectivity index (χ1) is 13.7. The van der Waals surface area contributed by atoms with Gasteiger partial charge in [0.2, 0.25) is 0 Å². The third-order valence-electron chi connectivity index (χ3n) is 5.10. The van der Waals surface area contributed by atoms with Crippen LogP contribution in [-0.4, -0.2) is 11.1 Å². The standard InChI is InChI=1S/C25H40O3/c1-2-3-4-5-6-7-8-9-10-11-12-13-14-15-16-17-22-28-25(27)23-18-20-24(26)21-19-23/h17-22,26H,2-16H2,1H3/b22-17+. The second-order valence-electron chi connectivity index (χ2n) is 7.71. The Balaban J connectivity index is 1.84. The summed E-state index contributed by atoms with van der Waals surface area (Å²) in [6.45, 7) is 2.27. The van der Waals surface area contributed by atoms with Crippen molar-refractivity contribution in [1.29, 1.82) is 0 Å². The smallest absolute Gasteiger partial charge is 0.342 e. The Kier molecular flexibility index (Phi) is 15.0. The average Bonchev–Trinajstić information content (AvgIpc) is 2.70. The largest absolute Gasteiger partial charge is 0.508 e. The second-order valence-corrected chi connectivity index (χ2v) is 7.71. The molecule has 0 heterocycles. The molecule has 0 unspecified atom stereocenters. The molecular formula is C25H40O3. The van der Waals surface area contributed by atoms with E-state index in [1.807, 2.05) is 6.08 Å². The van der Waals surface area contributed by atoms with Crippen LogP contribution >= 0.6 is 0 Å². The number of benzene rings is 1. The highest BCUT2D eigenvalue weighted by atomic mass is 16.5. The Morgan fingerprint density at radius 3 is 1.75 bits per heavy atom. The molecular weight excluding hydrogens is 348 g/mol. The number of allylic oxidation sites excluding steroid dienone is 1. The van der Waals surface area contributed by atoms with Gasteiger partial charge in [-0.1, -0.05) is 90.4 Å². The summed E-state index contributed by atoms with van der Waals surface area (Å²) in [6.07, 6.45) is 23.4. The number of carbonyl (C=O) groups is 1. The lowest BCUT2D eigenvalue weighted by Gasteiger charge is -2.03. The lowest BCUT2D eigenvalue weighted by Crippen LogP contribution is -1.99. The molecule has 0 bridgehead atoms. The molecule has 3 nitrogen and oxygen atoms in total.